The van der Waals surface area contributed by atoms with Crippen molar-refractivity contribution in [1.82, 2.24) is 4.98 Å². The molecule has 56 valence electrons. The number of aryl methyl sites for hydroxylation is 1. The average Bonchev–Trinajstić information content (AvgIpc) is 2.10. The van der Waals surface area contributed by atoms with Crippen molar-refractivity contribution in [2.24, 2.45) is 0 Å². The van der Waals surface area contributed by atoms with E-state index in [-0.39, 0.29) is 4.87 Å². The second-order valence-electron chi connectivity index (χ2n) is 2.34. The fourth-order valence-electron chi connectivity index (χ4n) is 0.823. The van der Waals surface area contributed by atoms with E-state index < -0.39 is 0 Å². The third-order valence-electron chi connectivity index (χ3n) is 1.21. The van der Waals surface area contributed by atoms with Gasteiger partial charge in [0.25, 0.3) is 0 Å². The van der Waals surface area contributed by atoms with Crippen molar-refractivity contribution in [3.05, 3.63) is 15.4 Å². The predicted molar refractivity (Wildman–Crippen MR) is 44.0 cm³/mol. The zero-order chi connectivity index (χ0) is 7.72. The molecule has 1 aromatic rings. The van der Waals surface area contributed by atoms with E-state index in [1.807, 2.05) is 25.9 Å². The number of thiazole rings is 1. The van der Waals surface area contributed by atoms with Gasteiger partial charge in [-0.15, -0.1) is 0 Å². The Balaban J connectivity index is 3.15. The van der Waals surface area contributed by atoms with Gasteiger partial charge in [0.2, 0.25) is 0 Å². The number of hydrogen-bond acceptors (Lipinski definition) is 3. The molecule has 0 aliphatic rings. The topological polar surface area (TPSA) is 36.1 Å². The monoisotopic (exact) mass is 158 g/mol. The minimum absolute atomic E-state index is 0.0150. The van der Waals surface area contributed by atoms with E-state index >= 15 is 0 Å². The van der Waals surface area contributed by atoms with Crippen molar-refractivity contribution in [3.8, 4) is 0 Å². The zero-order valence-electron chi connectivity index (χ0n) is 6.26. The highest BCUT2D eigenvalue weighted by Crippen LogP contribution is 2.17. The van der Waals surface area contributed by atoms with Gasteiger partial charge in [-0.2, -0.15) is 0 Å². The summed E-state index contributed by atoms with van der Waals surface area (Å²) in [6.07, 6.45) is 0. The lowest BCUT2D eigenvalue weighted by Crippen LogP contribution is -2.07. The lowest BCUT2D eigenvalue weighted by molar-refractivity contribution is 1.11. The molecular weight excluding hydrogens is 148 g/mol. The molecule has 0 atom stereocenters. The maximum atomic E-state index is 10.8. The molecule has 1 aromatic heterocycles. The Bertz CT molecular complexity index is 274. The first-order chi connectivity index (χ1) is 4.61. The molecule has 1 heterocycles. The van der Waals surface area contributed by atoms with Gasteiger partial charge in [-0.3, -0.25) is 4.79 Å². The van der Waals surface area contributed by atoms with Gasteiger partial charge in [0.15, 0.2) is 0 Å². The van der Waals surface area contributed by atoms with Gasteiger partial charge in [-0.1, -0.05) is 11.3 Å². The highest BCUT2D eigenvalue weighted by molar-refractivity contribution is 7.13. The summed E-state index contributed by atoms with van der Waals surface area (Å²) in [5.41, 5.74) is 0.944. The van der Waals surface area contributed by atoms with Crippen molar-refractivity contribution >= 4 is 16.3 Å². The summed E-state index contributed by atoms with van der Waals surface area (Å²) in [4.78, 5) is 15.4. The van der Waals surface area contributed by atoms with Gasteiger partial charge in [0.1, 0.15) is 5.00 Å². The van der Waals surface area contributed by atoms with Crippen molar-refractivity contribution < 1.29 is 0 Å². The zero-order valence-corrected chi connectivity index (χ0v) is 7.08. The van der Waals surface area contributed by atoms with E-state index in [0.29, 0.717) is 0 Å². The van der Waals surface area contributed by atoms with Crippen LogP contribution in [0.3, 0.4) is 0 Å². The van der Waals surface area contributed by atoms with E-state index in [1.165, 1.54) is 11.3 Å². The van der Waals surface area contributed by atoms with Crippen LogP contribution >= 0.6 is 11.3 Å². The third kappa shape index (κ3) is 1.21. The highest BCUT2D eigenvalue weighted by atomic mass is 32.1. The Kier molecular flexibility index (Phi) is 1.80. The molecule has 0 aromatic carbocycles. The summed E-state index contributed by atoms with van der Waals surface area (Å²) in [5, 5.41) is 1.00. The molecule has 0 bridgehead atoms. The lowest BCUT2D eigenvalue weighted by atomic mass is 10.5. The summed E-state index contributed by atoms with van der Waals surface area (Å²) in [6, 6.07) is 0. The van der Waals surface area contributed by atoms with E-state index in [1.54, 1.807) is 0 Å². The van der Waals surface area contributed by atoms with E-state index in [0.717, 1.165) is 10.7 Å². The fourth-order valence-corrected chi connectivity index (χ4v) is 1.59. The van der Waals surface area contributed by atoms with Crippen molar-refractivity contribution in [2.75, 3.05) is 19.0 Å². The minimum atomic E-state index is 0.0150. The molecule has 0 amide bonds. The Morgan fingerprint density at radius 3 is 2.30 bits per heavy atom. The molecule has 0 fully saturated rings. The summed E-state index contributed by atoms with van der Waals surface area (Å²) in [5.74, 6) is 0. The smallest absolute Gasteiger partial charge is 0.306 e. The van der Waals surface area contributed by atoms with E-state index in [9.17, 15) is 4.79 Å². The number of anilines is 1. The van der Waals surface area contributed by atoms with Crippen molar-refractivity contribution in [3.63, 3.8) is 0 Å². The normalized spacial score (nSPS) is 9.90. The van der Waals surface area contributed by atoms with Crippen LogP contribution in [0.2, 0.25) is 0 Å². The molecule has 3 nitrogen and oxygen atoms in total. The maximum Gasteiger partial charge on any atom is 0.306 e. The molecule has 0 radical (unpaired) electrons. The van der Waals surface area contributed by atoms with E-state index in [2.05, 4.69) is 4.98 Å². The fraction of sp³-hybridized carbons (Fsp3) is 0.500. The Morgan fingerprint density at radius 2 is 2.10 bits per heavy atom. The molecule has 0 spiro atoms. The number of H-pyrrole nitrogens is 1. The highest BCUT2D eigenvalue weighted by Gasteiger charge is 2.03. The quantitative estimate of drug-likeness (QED) is 0.656. The number of aromatic nitrogens is 1. The van der Waals surface area contributed by atoms with Gasteiger partial charge in [-0.25, -0.2) is 0 Å². The van der Waals surface area contributed by atoms with Gasteiger partial charge >= 0.3 is 4.87 Å². The summed E-state index contributed by atoms with van der Waals surface area (Å²) >= 11 is 1.24. The second-order valence-corrected chi connectivity index (χ2v) is 3.30. The maximum absolute atomic E-state index is 10.8. The number of nitrogens with one attached hydrogen (secondary N) is 1. The molecule has 1 rings (SSSR count). The SMILES string of the molecule is Cc1[nH]c(=O)sc1N(C)C. The lowest BCUT2D eigenvalue weighted by Gasteiger charge is -2.08. The summed E-state index contributed by atoms with van der Waals surface area (Å²) in [6.45, 7) is 1.90. The molecule has 0 saturated carbocycles. The van der Waals surface area contributed by atoms with E-state index in [4.69, 9.17) is 0 Å². The van der Waals surface area contributed by atoms with Gasteiger partial charge in [0, 0.05) is 19.8 Å². The molecule has 0 aliphatic heterocycles. The number of nitrogens with zero attached hydrogens (tertiary/aromatic N) is 1. The van der Waals surface area contributed by atoms with Crippen LogP contribution in [0.5, 0.6) is 0 Å². The summed E-state index contributed by atoms with van der Waals surface area (Å²) < 4.78 is 0. The van der Waals surface area contributed by atoms with Crippen LogP contribution < -0.4 is 9.77 Å². The van der Waals surface area contributed by atoms with Crippen LogP contribution in [-0.2, 0) is 0 Å². The largest absolute Gasteiger partial charge is 0.368 e. The molecule has 10 heavy (non-hydrogen) atoms. The van der Waals surface area contributed by atoms with Crippen LogP contribution in [-0.4, -0.2) is 19.1 Å². The Labute approximate surface area is 63.3 Å². The number of aromatic amines is 1. The average molecular weight is 158 g/mol. The minimum Gasteiger partial charge on any atom is -0.368 e. The molecule has 0 saturated heterocycles. The van der Waals surface area contributed by atoms with Gasteiger partial charge < -0.3 is 9.88 Å². The van der Waals surface area contributed by atoms with Crippen LogP contribution in [0, 0.1) is 6.92 Å². The molecule has 0 aliphatic carbocycles. The predicted octanol–water partition coefficient (Wildman–Crippen LogP) is 0.811. The van der Waals surface area contributed by atoms with Crippen LogP contribution in [0.25, 0.3) is 0 Å². The first-order valence-electron chi connectivity index (χ1n) is 2.98. The number of hydrogen-bond donors (Lipinski definition) is 1. The first kappa shape index (κ1) is 7.34. The van der Waals surface area contributed by atoms with Crippen LogP contribution in [0.4, 0.5) is 5.00 Å². The number of rotatable bonds is 1. The molecule has 4 heteroatoms. The third-order valence-corrected chi connectivity index (χ3v) is 2.36. The molecular formula is C6H10N2OS. The molecule has 0 unspecified atom stereocenters. The van der Waals surface area contributed by atoms with Gasteiger partial charge in [-0.05, 0) is 6.92 Å². The first-order valence-corrected chi connectivity index (χ1v) is 3.80. The Morgan fingerprint density at radius 1 is 1.50 bits per heavy atom. The second kappa shape index (κ2) is 2.46. The van der Waals surface area contributed by atoms with Gasteiger partial charge in [0.05, 0.1) is 0 Å². The Hall–Kier alpha value is -0.770. The summed E-state index contributed by atoms with van der Waals surface area (Å²) in [7, 11) is 3.85. The van der Waals surface area contributed by atoms with Crippen LogP contribution in [0.15, 0.2) is 4.79 Å². The van der Waals surface area contributed by atoms with Crippen molar-refractivity contribution in [1.29, 1.82) is 0 Å². The standard InChI is InChI=1S/C6H10N2OS/c1-4-5(8(2)3)10-6(9)7-4/h1-3H3,(H,7,9). The van der Waals surface area contributed by atoms with Crippen LogP contribution in [0.1, 0.15) is 5.69 Å². The molecule has 1 N–H and O–H groups in total. The van der Waals surface area contributed by atoms with Crippen molar-refractivity contribution in [2.45, 2.75) is 6.92 Å².